The van der Waals surface area contributed by atoms with Crippen LogP contribution in [0.1, 0.15) is 33.1 Å². The van der Waals surface area contributed by atoms with E-state index in [1.54, 1.807) is 17.7 Å². The van der Waals surface area contributed by atoms with Crippen molar-refractivity contribution < 1.29 is 0 Å². The lowest BCUT2D eigenvalue weighted by Crippen LogP contribution is -2.32. The third kappa shape index (κ3) is 3.83. The lowest BCUT2D eigenvalue weighted by Gasteiger charge is -2.24. The summed E-state index contributed by atoms with van der Waals surface area (Å²) in [5.74, 6) is 0. The molecule has 1 atom stereocenters. The van der Waals surface area contributed by atoms with Crippen LogP contribution in [0.5, 0.6) is 0 Å². The van der Waals surface area contributed by atoms with E-state index in [0.29, 0.717) is 12.1 Å². The first kappa shape index (κ1) is 14.1. The summed E-state index contributed by atoms with van der Waals surface area (Å²) in [6, 6.07) is 4.66. The van der Waals surface area contributed by atoms with Crippen molar-refractivity contribution in [2.45, 2.75) is 45.2 Å². The van der Waals surface area contributed by atoms with Crippen LogP contribution in [0.2, 0.25) is 0 Å². The Hall–Kier alpha value is -1.29. The molecule has 4 nitrogen and oxygen atoms in total. The van der Waals surface area contributed by atoms with E-state index in [9.17, 15) is 4.79 Å². The normalized spacial score (nSPS) is 21.4. The van der Waals surface area contributed by atoms with E-state index in [1.807, 2.05) is 12.3 Å². The van der Waals surface area contributed by atoms with Crippen molar-refractivity contribution in [1.29, 1.82) is 0 Å². The Labute approximate surface area is 115 Å². The van der Waals surface area contributed by atoms with Crippen LogP contribution in [0, 0.1) is 0 Å². The Morgan fingerprint density at radius 1 is 1.26 bits per heavy atom. The summed E-state index contributed by atoms with van der Waals surface area (Å²) >= 11 is 0. The quantitative estimate of drug-likeness (QED) is 0.907. The molecule has 1 aliphatic heterocycles. The fraction of sp³-hybridized carbons (Fsp3) is 0.667. The Kier molecular flexibility index (Phi) is 4.64. The van der Waals surface area contributed by atoms with Gasteiger partial charge in [0.15, 0.2) is 0 Å². The molecular weight excluding hydrogens is 238 g/mol. The molecule has 1 unspecified atom stereocenters. The Balaban J connectivity index is 1.95. The fourth-order valence-corrected chi connectivity index (χ4v) is 2.69. The summed E-state index contributed by atoms with van der Waals surface area (Å²) in [5, 5.41) is 3.56. The highest BCUT2D eigenvalue weighted by atomic mass is 16.1. The van der Waals surface area contributed by atoms with E-state index in [0.717, 1.165) is 12.2 Å². The maximum absolute atomic E-state index is 11.4. The molecule has 1 aromatic rings. The molecule has 4 heteroatoms. The zero-order chi connectivity index (χ0) is 13.8. The third-order valence-electron chi connectivity index (χ3n) is 3.95. The number of nitrogens with one attached hydrogen (secondary N) is 1. The molecule has 0 amide bonds. The summed E-state index contributed by atoms with van der Waals surface area (Å²) in [6.07, 6.45) is 5.49. The number of nitrogens with zero attached hydrogens (tertiary/aromatic N) is 2. The fourth-order valence-electron chi connectivity index (χ4n) is 2.69. The lowest BCUT2D eigenvalue weighted by molar-refractivity contribution is 0.230. The van der Waals surface area contributed by atoms with Crippen LogP contribution in [0.15, 0.2) is 23.1 Å². The van der Waals surface area contributed by atoms with Gasteiger partial charge in [0.05, 0.1) is 5.69 Å². The average Bonchev–Trinajstić information content (AvgIpc) is 2.59. The van der Waals surface area contributed by atoms with Gasteiger partial charge in [-0.25, -0.2) is 0 Å². The van der Waals surface area contributed by atoms with E-state index in [2.05, 4.69) is 24.1 Å². The molecular formula is C15H25N3O. The van der Waals surface area contributed by atoms with Crippen molar-refractivity contribution >= 4 is 5.69 Å². The second-order valence-corrected chi connectivity index (χ2v) is 5.77. The van der Waals surface area contributed by atoms with Gasteiger partial charge in [0.1, 0.15) is 0 Å². The maximum Gasteiger partial charge on any atom is 0.250 e. The summed E-state index contributed by atoms with van der Waals surface area (Å²) in [6.45, 7) is 6.88. The van der Waals surface area contributed by atoms with Crippen LogP contribution in [0.25, 0.3) is 0 Å². The Morgan fingerprint density at radius 3 is 2.74 bits per heavy atom. The molecule has 0 aliphatic carbocycles. The van der Waals surface area contributed by atoms with Crippen LogP contribution in [0.4, 0.5) is 5.69 Å². The van der Waals surface area contributed by atoms with E-state index in [1.165, 1.54) is 25.8 Å². The first-order valence-corrected chi connectivity index (χ1v) is 7.23. The van der Waals surface area contributed by atoms with Gasteiger partial charge in [0.2, 0.25) is 5.56 Å². The molecule has 19 heavy (non-hydrogen) atoms. The van der Waals surface area contributed by atoms with Gasteiger partial charge in [-0.1, -0.05) is 0 Å². The molecule has 1 aliphatic rings. The van der Waals surface area contributed by atoms with Gasteiger partial charge in [-0.3, -0.25) is 4.79 Å². The van der Waals surface area contributed by atoms with Gasteiger partial charge in [-0.05, 0) is 45.7 Å². The highest BCUT2D eigenvalue weighted by Gasteiger charge is 2.18. The zero-order valence-corrected chi connectivity index (χ0v) is 12.2. The van der Waals surface area contributed by atoms with Gasteiger partial charge in [-0.2, -0.15) is 0 Å². The number of likely N-dealkylation sites (tertiary alicyclic amines) is 1. The van der Waals surface area contributed by atoms with Crippen LogP contribution in [0.3, 0.4) is 0 Å². The number of aromatic nitrogens is 1. The number of hydrogen-bond acceptors (Lipinski definition) is 3. The van der Waals surface area contributed by atoms with Crippen molar-refractivity contribution in [1.82, 2.24) is 9.47 Å². The van der Waals surface area contributed by atoms with Gasteiger partial charge in [0.25, 0.3) is 0 Å². The molecule has 1 fully saturated rings. The summed E-state index contributed by atoms with van der Waals surface area (Å²) in [5.41, 5.74) is 1.09. The molecule has 2 rings (SSSR count). The van der Waals surface area contributed by atoms with Crippen LogP contribution in [-0.4, -0.2) is 34.6 Å². The van der Waals surface area contributed by atoms with Crippen molar-refractivity contribution in [3.05, 3.63) is 28.7 Å². The minimum absolute atomic E-state index is 0.0393. The minimum atomic E-state index is 0.0393. The van der Waals surface area contributed by atoms with E-state index in [-0.39, 0.29) is 5.56 Å². The largest absolute Gasteiger partial charge is 0.381 e. The SMILES string of the molecule is CC(C)N1CCCC(Nc2ccc(=O)n(C)c2)CC1. The van der Waals surface area contributed by atoms with E-state index < -0.39 is 0 Å². The highest BCUT2D eigenvalue weighted by molar-refractivity contribution is 5.41. The summed E-state index contributed by atoms with van der Waals surface area (Å²) in [4.78, 5) is 13.9. The monoisotopic (exact) mass is 263 g/mol. The second-order valence-electron chi connectivity index (χ2n) is 5.77. The first-order chi connectivity index (χ1) is 9.06. The number of anilines is 1. The smallest absolute Gasteiger partial charge is 0.250 e. The molecule has 0 bridgehead atoms. The van der Waals surface area contributed by atoms with Crippen LogP contribution in [-0.2, 0) is 7.05 Å². The van der Waals surface area contributed by atoms with Crippen LogP contribution < -0.4 is 10.9 Å². The number of hydrogen-bond donors (Lipinski definition) is 1. The maximum atomic E-state index is 11.4. The third-order valence-corrected chi connectivity index (χ3v) is 3.95. The molecule has 1 N–H and O–H groups in total. The molecule has 106 valence electrons. The lowest BCUT2D eigenvalue weighted by atomic mass is 10.1. The molecule has 0 aromatic carbocycles. The standard InChI is InChI=1S/C15H25N3O/c1-12(2)18-9-4-5-13(8-10-18)16-14-6-7-15(19)17(3)11-14/h6-7,11-13,16H,4-5,8-10H2,1-3H3. The second kappa shape index (κ2) is 6.24. The molecule has 0 saturated carbocycles. The molecule has 2 heterocycles. The summed E-state index contributed by atoms with van der Waals surface area (Å²) in [7, 11) is 1.79. The van der Waals surface area contributed by atoms with Crippen LogP contribution >= 0.6 is 0 Å². The number of aryl methyl sites for hydroxylation is 1. The van der Waals surface area contributed by atoms with Crippen molar-refractivity contribution in [2.24, 2.45) is 7.05 Å². The predicted molar refractivity (Wildman–Crippen MR) is 79.7 cm³/mol. The zero-order valence-electron chi connectivity index (χ0n) is 12.2. The topological polar surface area (TPSA) is 37.3 Å². The minimum Gasteiger partial charge on any atom is -0.381 e. The summed E-state index contributed by atoms with van der Waals surface area (Å²) < 4.78 is 1.62. The van der Waals surface area contributed by atoms with E-state index >= 15 is 0 Å². The van der Waals surface area contributed by atoms with Gasteiger partial charge in [-0.15, -0.1) is 0 Å². The molecule has 0 radical (unpaired) electrons. The Bertz CT molecular complexity index is 467. The highest BCUT2D eigenvalue weighted by Crippen LogP contribution is 2.17. The molecule has 1 aromatic heterocycles. The van der Waals surface area contributed by atoms with Gasteiger partial charge >= 0.3 is 0 Å². The number of pyridine rings is 1. The van der Waals surface area contributed by atoms with E-state index in [4.69, 9.17) is 0 Å². The average molecular weight is 263 g/mol. The number of rotatable bonds is 3. The van der Waals surface area contributed by atoms with Crippen molar-refractivity contribution in [2.75, 3.05) is 18.4 Å². The Morgan fingerprint density at radius 2 is 2.05 bits per heavy atom. The molecule has 1 saturated heterocycles. The predicted octanol–water partition coefficient (Wildman–Crippen LogP) is 2.06. The van der Waals surface area contributed by atoms with Gasteiger partial charge in [0, 0.05) is 37.9 Å². The van der Waals surface area contributed by atoms with Gasteiger partial charge < -0.3 is 14.8 Å². The molecule has 0 spiro atoms. The van der Waals surface area contributed by atoms with Crippen molar-refractivity contribution in [3.63, 3.8) is 0 Å². The first-order valence-electron chi connectivity index (χ1n) is 7.23. The van der Waals surface area contributed by atoms with Crippen molar-refractivity contribution in [3.8, 4) is 0 Å².